The second kappa shape index (κ2) is 8.63. The van der Waals surface area contributed by atoms with Gasteiger partial charge in [0.05, 0.1) is 6.07 Å². The third kappa shape index (κ3) is 4.50. The molecule has 0 aromatic carbocycles. The summed E-state index contributed by atoms with van der Waals surface area (Å²) in [6, 6.07) is 4.33. The van der Waals surface area contributed by atoms with Crippen molar-refractivity contribution in [2.45, 2.75) is 31.5 Å². The number of nitriles is 2. The summed E-state index contributed by atoms with van der Waals surface area (Å²) >= 11 is 0.665. The molecule has 0 radical (unpaired) electrons. The summed E-state index contributed by atoms with van der Waals surface area (Å²) in [6.45, 7) is 1.09. The van der Waals surface area contributed by atoms with Gasteiger partial charge in [-0.25, -0.2) is 0 Å². The molecule has 2 aromatic heterocycles. The molecule has 0 aliphatic carbocycles. The number of aromatic nitrogens is 3. The molecule has 2 atom stereocenters. The molecule has 9 heteroatoms. The van der Waals surface area contributed by atoms with Crippen LogP contribution in [0.3, 0.4) is 0 Å². The third-order valence-electron chi connectivity index (χ3n) is 4.55. The first-order valence-corrected chi connectivity index (χ1v) is 10.4. The molecule has 1 fully saturated rings. The van der Waals surface area contributed by atoms with Gasteiger partial charge in [-0.2, -0.15) is 5.26 Å². The van der Waals surface area contributed by atoms with Crippen LogP contribution in [-0.2, 0) is 4.74 Å². The van der Waals surface area contributed by atoms with Crippen molar-refractivity contribution in [2.24, 2.45) is 5.92 Å². The van der Waals surface area contributed by atoms with Crippen molar-refractivity contribution in [3.63, 3.8) is 0 Å². The molecule has 25 heavy (non-hydrogen) atoms. The number of ether oxygens (including phenoxy) is 1. The average molecular weight is 526 g/mol. The Morgan fingerprint density at radius 2 is 2.28 bits per heavy atom. The van der Waals surface area contributed by atoms with E-state index in [-0.39, 0.29) is 12.8 Å². The van der Waals surface area contributed by atoms with Gasteiger partial charge in [-0.1, -0.05) is 0 Å². The van der Waals surface area contributed by atoms with Gasteiger partial charge in [-0.15, -0.1) is 0 Å². The van der Waals surface area contributed by atoms with E-state index in [1.54, 1.807) is 6.33 Å². The summed E-state index contributed by atoms with van der Waals surface area (Å²) in [5.41, 5.74) is 0.964. The Morgan fingerprint density at radius 1 is 1.40 bits per heavy atom. The first-order chi connectivity index (χ1) is 12.2. The minimum absolute atomic E-state index is 0.0257. The molecule has 7 nitrogen and oxygen atoms in total. The predicted octanol–water partition coefficient (Wildman–Crippen LogP) is 1.65. The Kier molecular flexibility index (Phi) is 6.27. The van der Waals surface area contributed by atoms with Crippen molar-refractivity contribution < 1.29 is 4.74 Å². The average Bonchev–Trinajstić information content (AvgIpc) is 3.01. The van der Waals surface area contributed by atoms with Crippen molar-refractivity contribution in [3.05, 3.63) is 18.6 Å². The molecule has 1 saturated heterocycles. The number of nitrogens with one attached hydrogen (secondary N) is 1. The van der Waals surface area contributed by atoms with Gasteiger partial charge >= 0.3 is 153 Å². The van der Waals surface area contributed by atoms with E-state index in [0.717, 1.165) is 35.9 Å². The van der Waals surface area contributed by atoms with Gasteiger partial charge in [0.15, 0.2) is 0 Å². The normalized spacial score (nSPS) is 20.1. The zero-order valence-corrected chi connectivity index (χ0v) is 18.4. The fraction of sp³-hybridized carbons (Fsp3) is 0.500. The Morgan fingerprint density at radius 3 is 3.08 bits per heavy atom. The number of rotatable bonds is 6. The molecule has 0 saturated carbocycles. The van der Waals surface area contributed by atoms with Gasteiger partial charge in [-0.3, -0.25) is 0 Å². The second-order valence-corrected chi connectivity index (χ2v) is 8.57. The van der Waals surface area contributed by atoms with Crippen LogP contribution in [0.25, 0.3) is 11.0 Å². The zero-order chi connectivity index (χ0) is 17.6. The summed E-state index contributed by atoms with van der Waals surface area (Å²) in [5, 5.41) is 22.5. The van der Waals surface area contributed by atoms with E-state index in [9.17, 15) is 5.26 Å². The van der Waals surface area contributed by atoms with Crippen molar-refractivity contribution in [3.8, 4) is 12.0 Å². The molecule has 1 N–H and O–H groups in total. The fourth-order valence-electron chi connectivity index (χ4n) is 3.44. The van der Waals surface area contributed by atoms with Gasteiger partial charge in [0.2, 0.25) is 0 Å². The minimum atomic E-state index is 0.0257. The molecule has 1 aliphatic rings. The number of fused-ring (bicyclic) bond motifs is 1. The fourth-order valence-corrected chi connectivity index (χ4v) is 4.58. The van der Waals surface area contributed by atoms with Crippen LogP contribution in [0, 0.1) is 28.5 Å². The van der Waals surface area contributed by atoms with Crippen molar-refractivity contribution in [1.82, 2.24) is 12.3 Å². The number of hydrogen-bond acceptors (Lipinski definition) is 6. The van der Waals surface area contributed by atoms with E-state index in [2.05, 4.69) is 29.7 Å². The van der Waals surface area contributed by atoms with Gasteiger partial charge in [0.1, 0.15) is 0 Å². The van der Waals surface area contributed by atoms with Gasteiger partial charge in [0.25, 0.3) is 0 Å². The van der Waals surface area contributed by atoms with Crippen molar-refractivity contribution in [2.75, 3.05) is 18.5 Å². The van der Waals surface area contributed by atoms with Gasteiger partial charge < -0.3 is 0 Å². The molecule has 3 heterocycles. The quantitative estimate of drug-likeness (QED) is 0.455. The third-order valence-corrected chi connectivity index (χ3v) is 6.17. The standard InChI is InChI=1S/C16H18BN6O.Tl/c18-3-1-5-24-9-12-6-13(8-17(7-12)10-19)23-16-14-2-4-20-15(14)21-11-22-16;/h2,4,11-13H,1,5-9H2,(H-,20,21,22,23);/q-1;+1. The van der Waals surface area contributed by atoms with Gasteiger partial charge in [0, 0.05) is 0 Å². The first-order valence-electron chi connectivity index (χ1n) is 8.39. The molecular weight excluding hydrogens is 507 g/mol. The number of hydrogen-bond donors (Lipinski definition) is 1. The summed E-state index contributed by atoms with van der Waals surface area (Å²) in [4.78, 5) is 8.76. The van der Waals surface area contributed by atoms with Crippen molar-refractivity contribution in [1.29, 1.82) is 10.5 Å². The Hall–Kier alpha value is -1.65. The Bertz CT molecular complexity index is 813. The van der Waals surface area contributed by atoms with Crippen LogP contribution in [0.5, 0.6) is 0 Å². The van der Waals surface area contributed by atoms with E-state index in [1.807, 2.05) is 12.3 Å². The number of anilines is 1. The Labute approximate surface area is 163 Å². The van der Waals surface area contributed by atoms with E-state index in [4.69, 9.17) is 10.00 Å². The second-order valence-electron chi connectivity index (χ2n) is 6.41. The molecule has 0 amide bonds. The Balaban J connectivity index is 1.68. The number of nitrogens with zero attached hydrogens (tertiary/aromatic N) is 5. The summed E-state index contributed by atoms with van der Waals surface area (Å²) < 4.78 is 7.73. The molecule has 1 aliphatic heterocycles. The van der Waals surface area contributed by atoms with E-state index >= 15 is 0 Å². The SMILES string of the molecule is N#CCCOCC1CB(C#N)CC(Nc2ncnc3c2cc[n]3[Tl])C1. The van der Waals surface area contributed by atoms with Crippen LogP contribution in [0.1, 0.15) is 12.8 Å². The monoisotopic (exact) mass is 526 g/mol. The van der Waals surface area contributed by atoms with E-state index in [0.29, 0.717) is 51.6 Å². The van der Waals surface area contributed by atoms with Crippen LogP contribution in [0.4, 0.5) is 5.82 Å². The summed E-state index contributed by atoms with van der Waals surface area (Å²) in [6.07, 6.45) is 6.67. The molecule has 3 rings (SSSR count). The van der Waals surface area contributed by atoms with E-state index < -0.39 is 0 Å². The summed E-state index contributed by atoms with van der Waals surface area (Å²) in [7, 11) is 0. The maximum absolute atomic E-state index is 9.39. The molecular formula is C16H18BN6OTl. The maximum atomic E-state index is 9.39. The van der Waals surface area contributed by atoms with Crippen molar-refractivity contribution >= 4 is 49.6 Å². The van der Waals surface area contributed by atoms with Crippen LogP contribution in [-0.4, -0.2) is 64.4 Å². The van der Waals surface area contributed by atoms with Crippen LogP contribution >= 0.6 is 0 Å². The molecule has 0 spiro atoms. The predicted molar refractivity (Wildman–Crippen MR) is 96.2 cm³/mol. The molecule has 124 valence electrons. The molecule has 2 unspecified atom stereocenters. The van der Waals surface area contributed by atoms with E-state index in [1.165, 1.54) is 0 Å². The zero-order valence-electron chi connectivity index (χ0n) is 13.9. The van der Waals surface area contributed by atoms with Gasteiger partial charge in [-0.05, 0) is 0 Å². The van der Waals surface area contributed by atoms with Crippen LogP contribution in [0.15, 0.2) is 18.6 Å². The molecule has 2 aromatic rings. The summed E-state index contributed by atoms with van der Waals surface area (Å²) in [5.74, 6) is 3.59. The topological polar surface area (TPSA) is 99.5 Å². The molecule has 0 bridgehead atoms. The van der Waals surface area contributed by atoms with Crippen LogP contribution in [0.2, 0.25) is 12.6 Å². The first kappa shape index (κ1) is 18.1. The van der Waals surface area contributed by atoms with Crippen LogP contribution < -0.4 is 5.32 Å².